The number of imide groups is 1. The fourth-order valence-electron chi connectivity index (χ4n) is 6.37. The Morgan fingerprint density at radius 2 is 1.47 bits per heavy atom. The second-order valence-electron chi connectivity index (χ2n) is 9.37. The molecule has 6 nitrogen and oxygen atoms in total. The first-order valence-corrected chi connectivity index (χ1v) is 11.5. The predicted molar refractivity (Wildman–Crippen MR) is 117 cm³/mol. The SMILES string of the molecule is C[C@H](C(=O)NC[C@@H]1CCCO1)N1C(=O)[C@@H]2C3c4ccccc4C(c4ccccc43)[C@H]2C1=O. The molecule has 2 aromatic rings. The van der Waals surface area contributed by atoms with E-state index in [1.807, 2.05) is 24.3 Å². The van der Waals surface area contributed by atoms with Crippen LogP contribution in [0.3, 0.4) is 0 Å². The van der Waals surface area contributed by atoms with E-state index in [4.69, 9.17) is 4.74 Å². The second-order valence-corrected chi connectivity index (χ2v) is 9.37. The van der Waals surface area contributed by atoms with Crippen molar-refractivity contribution in [2.45, 2.75) is 43.7 Å². The molecule has 32 heavy (non-hydrogen) atoms. The van der Waals surface area contributed by atoms with Crippen LogP contribution in [0.15, 0.2) is 48.5 Å². The van der Waals surface area contributed by atoms with E-state index < -0.39 is 17.9 Å². The van der Waals surface area contributed by atoms with Crippen molar-refractivity contribution >= 4 is 17.7 Å². The Balaban J connectivity index is 1.33. The summed E-state index contributed by atoms with van der Waals surface area (Å²) < 4.78 is 5.57. The molecule has 2 aromatic carbocycles. The molecule has 5 aliphatic rings. The Morgan fingerprint density at radius 1 is 0.969 bits per heavy atom. The Labute approximate surface area is 186 Å². The van der Waals surface area contributed by atoms with Crippen LogP contribution in [0.4, 0.5) is 0 Å². The van der Waals surface area contributed by atoms with Gasteiger partial charge >= 0.3 is 0 Å². The quantitative estimate of drug-likeness (QED) is 0.757. The zero-order valence-electron chi connectivity index (χ0n) is 18.0. The normalized spacial score (nSPS) is 30.7. The number of hydrogen-bond acceptors (Lipinski definition) is 4. The fourth-order valence-corrected chi connectivity index (χ4v) is 6.37. The smallest absolute Gasteiger partial charge is 0.243 e. The zero-order chi connectivity index (χ0) is 22.0. The average molecular weight is 431 g/mol. The molecule has 3 amide bonds. The monoisotopic (exact) mass is 430 g/mol. The number of carbonyl (C=O) groups excluding carboxylic acids is 3. The van der Waals surface area contributed by atoms with Crippen LogP contribution in [0, 0.1) is 11.8 Å². The van der Waals surface area contributed by atoms with Gasteiger partial charge in [0.05, 0.1) is 17.9 Å². The number of carbonyl (C=O) groups is 3. The Bertz CT molecular complexity index is 1010. The van der Waals surface area contributed by atoms with Crippen molar-refractivity contribution in [3.63, 3.8) is 0 Å². The zero-order valence-corrected chi connectivity index (χ0v) is 18.0. The molecule has 1 N–H and O–H groups in total. The third-order valence-corrected chi connectivity index (χ3v) is 7.78. The van der Waals surface area contributed by atoms with Crippen molar-refractivity contribution in [2.75, 3.05) is 13.2 Å². The molecule has 3 aliphatic carbocycles. The summed E-state index contributed by atoms with van der Waals surface area (Å²) in [6.45, 7) is 2.78. The molecule has 6 heteroatoms. The Hall–Kier alpha value is -2.99. The largest absolute Gasteiger partial charge is 0.376 e. The maximum Gasteiger partial charge on any atom is 0.243 e. The molecule has 2 aliphatic heterocycles. The standard InChI is InChI=1S/C26H26N2O4/c1-14(24(29)27-13-15-7-6-12-32-15)28-25(30)22-20-16-8-2-3-9-17(16)21(23(22)26(28)31)19-11-5-4-10-18(19)20/h2-5,8-11,14-15,20-23H,6-7,12-13H2,1H3,(H,27,29)/t14-,15+,20?,21?,22-,23-/m1/s1. The van der Waals surface area contributed by atoms with Gasteiger partial charge in [-0.2, -0.15) is 0 Å². The van der Waals surface area contributed by atoms with Crippen molar-refractivity contribution in [1.29, 1.82) is 0 Å². The molecular weight excluding hydrogens is 404 g/mol. The average Bonchev–Trinajstić information content (AvgIpc) is 3.44. The van der Waals surface area contributed by atoms with Gasteiger partial charge < -0.3 is 10.1 Å². The highest BCUT2D eigenvalue weighted by Gasteiger charge is 2.62. The minimum absolute atomic E-state index is 0.0126. The van der Waals surface area contributed by atoms with E-state index in [2.05, 4.69) is 29.6 Å². The highest BCUT2D eigenvalue weighted by molar-refractivity contribution is 6.10. The molecule has 0 spiro atoms. The van der Waals surface area contributed by atoms with Crippen LogP contribution < -0.4 is 5.32 Å². The molecule has 7 rings (SSSR count). The number of nitrogens with one attached hydrogen (secondary N) is 1. The number of likely N-dealkylation sites (tertiary alicyclic amines) is 1. The minimum Gasteiger partial charge on any atom is -0.376 e. The summed E-state index contributed by atoms with van der Waals surface area (Å²) in [5.41, 5.74) is 4.54. The van der Waals surface area contributed by atoms with Gasteiger partial charge in [0, 0.05) is 25.0 Å². The molecule has 2 fully saturated rings. The molecule has 0 radical (unpaired) electrons. The van der Waals surface area contributed by atoms with Crippen molar-refractivity contribution in [1.82, 2.24) is 10.2 Å². The van der Waals surface area contributed by atoms with Gasteiger partial charge in [-0.25, -0.2) is 0 Å². The number of ether oxygens (including phenoxy) is 1. The van der Waals surface area contributed by atoms with E-state index in [0.29, 0.717) is 13.2 Å². The van der Waals surface area contributed by atoms with Gasteiger partial charge in [-0.3, -0.25) is 19.3 Å². The third kappa shape index (κ3) is 2.65. The third-order valence-electron chi connectivity index (χ3n) is 7.78. The Morgan fingerprint density at radius 3 is 1.91 bits per heavy atom. The topological polar surface area (TPSA) is 75.7 Å². The number of hydrogen-bond donors (Lipinski definition) is 1. The van der Waals surface area contributed by atoms with E-state index in [1.54, 1.807) is 6.92 Å². The second kappa shape index (κ2) is 7.27. The molecule has 0 aromatic heterocycles. The highest BCUT2D eigenvalue weighted by Crippen LogP contribution is 2.61. The van der Waals surface area contributed by atoms with E-state index in [-0.39, 0.29) is 35.7 Å². The van der Waals surface area contributed by atoms with Crippen LogP contribution >= 0.6 is 0 Å². The lowest BCUT2D eigenvalue weighted by atomic mass is 9.55. The van der Waals surface area contributed by atoms with E-state index in [0.717, 1.165) is 35.1 Å². The fraction of sp³-hybridized carbons (Fsp3) is 0.423. The molecule has 0 unspecified atom stereocenters. The summed E-state index contributed by atoms with van der Waals surface area (Å²) in [7, 11) is 0. The first kappa shape index (κ1) is 19.7. The van der Waals surface area contributed by atoms with Gasteiger partial charge in [-0.1, -0.05) is 48.5 Å². The van der Waals surface area contributed by atoms with Gasteiger partial charge in [0.2, 0.25) is 17.7 Å². The molecule has 2 bridgehead atoms. The van der Waals surface area contributed by atoms with Crippen LogP contribution in [0.25, 0.3) is 0 Å². The number of benzene rings is 2. The Kier molecular flexibility index (Phi) is 4.47. The van der Waals surface area contributed by atoms with E-state index in [9.17, 15) is 14.4 Å². The van der Waals surface area contributed by atoms with Crippen molar-refractivity contribution in [2.24, 2.45) is 11.8 Å². The molecule has 2 heterocycles. The summed E-state index contributed by atoms with van der Waals surface area (Å²) in [5, 5.41) is 2.89. The van der Waals surface area contributed by atoms with Crippen LogP contribution in [0.1, 0.15) is 53.9 Å². The molecule has 2 saturated heterocycles. The van der Waals surface area contributed by atoms with Gasteiger partial charge in [-0.05, 0) is 42.0 Å². The molecule has 164 valence electrons. The van der Waals surface area contributed by atoms with Gasteiger partial charge in [0.1, 0.15) is 6.04 Å². The summed E-state index contributed by atoms with van der Waals surface area (Å²) in [6, 6.07) is 15.5. The van der Waals surface area contributed by atoms with Crippen LogP contribution in [-0.2, 0) is 19.1 Å². The maximum absolute atomic E-state index is 13.7. The number of amides is 3. The van der Waals surface area contributed by atoms with E-state index in [1.165, 1.54) is 4.90 Å². The van der Waals surface area contributed by atoms with Crippen molar-refractivity contribution < 1.29 is 19.1 Å². The van der Waals surface area contributed by atoms with Crippen molar-refractivity contribution in [3.8, 4) is 0 Å². The lowest BCUT2D eigenvalue weighted by Gasteiger charge is -2.45. The van der Waals surface area contributed by atoms with Gasteiger partial charge in [-0.15, -0.1) is 0 Å². The first-order chi connectivity index (χ1) is 15.6. The molecule has 0 saturated carbocycles. The summed E-state index contributed by atoms with van der Waals surface area (Å²) in [4.78, 5) is 41.5. The minimum atomic E-state index is -0.840. The van der Waals surface area contributed by atoms with Crippen LogP contribution in [-0.4, -0.2) is 47.9 Å². The molecular formula is C26H26N2O4. The highest BCUT2D eigenvalue weighted by atomic mass is 16.5. The van der Waals surface area contributed by atoms with Crippen molar-refractivity contribution in [3.05, 3.63) is 70.8 Å². The van der Waals surface area contributed by atoms with Crippen LogP contribution in [0.5, 0.6) is 0 Å². The number of rotatable bonds is 4. The lowest BCUT2D eigenvalue weighted by molar-refractivity contribution is -0.147. The summed E-state index contributed by atoms with van der Waals surface area (Å²) >= 11 is 0. The van der Waals surface area contributed by atoms with Gasteiger partial charge in [0.15, 0.2) is 0 Å². The summed E-state index contributed by atoms with van der Waals surface area (Å²) in [6.07, 6.45) is 1.92. The lowest BCUT2D eigenvalue weighted by Crippen LogP contribution is -2.49. The van der Waals surface area contributed by atoms with E-state index >= 15 is 0 Å². The maximum atomic E-state index is 13.7. The first-order valence-electron chi connectivity index (χ1n) is 11.5. The number of nitrogens with zero attached hydrogens (tertiary/aromatic N) is 1. The molecule has 4 atom stereocenters. The van der Waals surface area contributed by atoms with Crippen LogP contribution in [0.2, 0.25) is 0 Å². The predicted octanol–water partition coefficient (Wildman–Crippen LogP) is 2.56. The summed E-state index contributed by atoms with van der Waals surface area (Å²) in [5.74, 6) is -1.96. The van der Waals surface area contributed by atoms with Gasteiger partial charge in [0.25, 0.3) is 0 Å².